The first-order valence-corrected chi connectivity index (χ1v) is 8.80. The largest absolute Gasteiger partial charge is 0.492 e. The third-order valence-corrected chi connectivity index (χ3v) is 4.94. The third kappa shape index (κ3) is 4.00. The Morgan fingerprint density at radius 3 is 2.50 bits per heavy atom. The summed E-state index contributed by atoms with van der Waals surface area (Å²) in [6.07, 6.45) is 0. The van der Waals surface area contributed by atoms with Crippen LogP contribution in [0.4, 0.5) is 0 Å². The van der Waals surface area contributed by atoms with E-state index in [2.05, 4.69) is 4.72 Å². The van der Waals surface area contributed by atoms with Crippen molar-refractivity contribution in [2.45, 2.75) is 24.8 Å². The monoisotopic (exact) mass is 339 g/mol. The van der Waals surface area contributed by atoms with E-state index in [4.69, 9.17) is 16.3 Å². The van der Waals surface area contributed by atoms with Crippen molar-refractivity contribution in [1.29, 1.82) is 0 Å². The minimum atomic E-state index is -3.71. The van der Waals surface area contributed by atoms with Crippen LogP contribution in [-0.2, 0) is 10.0 Å². The van der Waals surface area contributed by atoms with Crippen molar-refractivity contribution in [2.75, 3.05) is 6.61 Å². The highest BCUT2D eigenvalue weighted by Crippen LogP contribution is 2.28. The van der Waals surface area contributed by atoms with Crippen molar-refractivity contribution in [3.63, 3.8) is 0 Å². The van der Waals surface area contributed by atoms with E-state index in [1.54, 1.807) is 13.8 Å². The molecule has 0 aliphatic rings. The van der Waals surface area contributed by atoms with Gasteiger partial charge in [-0.2, -0.15) is 0 Å². The zero-order valence-corrected chi connectivity index (χ0v) is 14.0. The van der Waals surface area contributed by atoms with E-state index in [0.717, 1.165) is 5.56 Å². The van der Waals surface area contributed by atoms with E-state index >= 15 is 0 Å². The van der Waals surface area contributed by atoms with Crippen LogP contribution >= 0.6 is 11.6 Å². The van der Waals surface area contributed by atoms with Gasteiger partial charge >= 0.3 is 0 Å². The van der Waals surface area contributed by atoms with Gasteiger partial charge in [-0.3, -0.25) is 0 Å². The van der Waals surface area contributed by atoms with Gasteiger partial charge in [0, 0.05) is 17.1 Å². The molecule has 118 valence electrons. The van der Waals surface area contributed by atoms with Crippen LogP contribution < -0.4 is 9.46 Å². The summed E-state index contributed by atoms with van der Waals surface area (Å²) in [7, 11) is -3.71. The van der Waals surface area contributed by atoms with Crippen molar-refractivity contribution in [3.05, 3.63) is 59.1 Å². The van der Waals surface area contributed by atoms with Crippen LogP contribution in [0.2, 0.25) is 5.02 Å². The SMILES string of the molecule is CCOc1cc(Cl)ccc1S(=O)(=O)N[C@@H](C)c1ccccc1. The minimum absolute atomic E-state index is 0.0848. The van der Waals surface area contributed by atoms with Crippen molar-refractivity contribution < 1.29 is 13.2 Å². The lowest BCUT2D eigenvalue weighted by atomic mass is 10.1. The average molecular weight is 340 g/mol. The summed E-state index contributed by atoms with van der Waals surface area (Å²) in [5.41, 5.74) is 0.887. The molecule has 22 heavy (non-hydrogen) atoms. The van der Waals surface area contributed by atoms with E-state index in [0.29, 0.717) is 11.6 Å². The van der Waals surface area contributed by atoms with Crippen molar-refractivity contribution >= 4 is 21.6 Å². The Balaban J connectivity index is 2.31. The predicted octanol–water partition coefficient (Wildman–Crippen LogP) is 3.78. The maximum atomic E-state index is 12.6. The van der Waals surface area contributed by atoms with Crippen molar-refractivity contribution in [2.24, 2.45) is 0 Å². The molecule has 1 N–H and O–H groups in total. The van der Waals surface area contributed by atoms with Crippen LogP contribution in [0.15, 0.2) is 53.4 Å². The highest BCUT2D eigenvalue weighted by molar-refractivity contribution is 7.89. The molecule has 2 aromatic carbocycles. The first-order chi connectivity index (χ1) is 10.4. The molecule has 0 unspecified atom stereocenters. The Kier molecular flexibility index (Phi) is 5.45. The fourth-order valence-corrected chi connectivity index (χ4v) is 3.60. The fraction of sp³-hybridized carbons (Fsp3) is 0.250. The van der Waals surface area contributed by atoms with E-state index in [9.17, 15) is 8.42 Å². The van der Waals surface area contributed by atoms with Crippen molar-refractivity contribution in [1.82, 2.24) is 4.72 Å². The van der Waals surface area contributed by atoms with E-state index in [1.165, 1.54) is 18.2 Å². The van der Waals surface area contributed by atoms with Gasteiger partial charge in [0.25, 0.3) is 0 Å². The maximum Gasteiger partial charge on any atom is 0.244 e. The van der Waals surface area contributed by atoms with Gasteiger partial charge in [-0.15, -0.1) is 0 Å². The number of benzene rings is 2. The molecule has 0 radical (unpaired) electrons. The van der Waals surface area contributed by atoms with E-state index in [1.807, 2.05) is 30.3 Å². The van der Waals surface area contributed by atoms with E-state index in [-0.39, 0.29) is 16.7 Å². The summed E-state index contributed by atoms with van der Waals surface area (Å²) in [6.45, 7) is 3.94. The third-order valence-electron chi connectivity index (χ3n) is 3.13. The van der Waals surface area contributed by atoms with Gasteiger partial charge in [0.15, 0.2) is 0 Å². The number of ether oxygens (including phenoxy) is 1. The summed E-state index contributed by atoms with van der Waals surface area (Å²) in [5, 5.41) is 0.429. The number of rotatable bonds is 6. The first-order valence-electron chi connectivity index (χ1n) is 6.93. The molecule has 0 amide bonds. The molecule has 0 heterocycles. The fourth-order valence-electron chi connectivity index (χ4n) is 2.08. The van der Waals surface area contributed by atoms with E-state index < -0.39 is 10.0 Å². The molecule has 0 aliphatic heterocycles. The van der Waals surface area contributed by atoms with Gasteiger partial charge in [0.2, 0.25) is 10.0 Å². The van der Waals surface area contributed by atoms with Gasteiger partial charge in [0.05, 0.1) is 6.61 Å². The first kappa shape index (κ1) is 16.8. The molecule has 6 heteroatoms. The summed E-state index contributed by atoms with van der Waals surface area (Å²) in [4.78, 5) is 0.0848. The van der Waals surface area contributed by atoms with Gasteiger partial charge in [0.1, 0.15) is 10.6 Å². The summed E-state index contributed by atoms with van der Waals surface area (Å²) < 4.78 is 33.2. The van der Waals surface area contributed by atoms with Gasteiger partial charge in [-0.1, -0.05) is 41.9 Å². The number of nitrogens with one attached hydrogen (secondary N) is 1. The molecule has 2 rings (SSSR count). The van der Waals surface area contributed by atoms with Crippen LogP contribution in [0.3, 0.4) is 0 Å². The molecule has 0 fully saturated rings. The Morgan fingerprint density at radius 1 is 1.18 bits per heavy atom. The van der Waals surface area contributed by atoms with Crippen molar-refractivity contribution in [3.8, 4) is 5.75 Å². The van der Waals surface area contributed by atoms with Gasteiger partial charge in [-0.25, -0.2) is 13.1 Å². The van der Waals surface area contributed by atoms with Crippen LogP contribution in [0.5, 0.6) is 5.75 Å². The molecule has 0 aromatic heterocycles. The van der Waals surface area contributed by atoms with Crippen LogP contribution in [-0.4, -0.2) is 15.0 Å². The second-order valence-electron chi connectivity index (χ2n) is 4.78. The molecular weight excluding hydrogens is 322 g/mol. The molecule has 0 saturated heterocycles. The molecular formula is C16H18ClNO3S. The topological polar surface area (TPSA) is 55.4 Å². The Hall–Kier alpha value is -1.56. The zero-order valence-electron chi connectivity index (χ0n) is 12.4. The zero-order chi connectivity index (χ0) is 16.2. The number of halogens is 1. The Labute approximate surface area is 136 Å². The van der Waals surface area contributed by atoms with Crippen LogP contribution in [0, 0.1) is 0 Å². The molecule has 2 aromatic rings. The highest BCUT2D eigenvalue weighted by Gasteiger charge is 2.22. The minimum Gasteiger partial charge on any atom is -0.492 e. The smallest absolute Gasteiger partial charge is 0.244 e. The molecule has 0 saturated carbocycles. The second kappa shape index (κ2) is 7.13. The lowest BCUT2D eigenvalue weighted by molar-refractivity contribution is 0.331. The predicted molar refractivity (Wildman–Crippen MR) is 87.8 cm³/mol. The quantitative estimate of drug-likeness (QED) is 0.871. The number of sulfonamides is 1. The molecule has 0 bridgehead atoms. The molecule has 4 nitrogen and oxygen atoms in total. The Bertz CT molecular complexity index is 732. The lowest BCUT2D eigenvalue weighted by Crippen LogP contribution is -2.27. The number of hydrogen-bond acceptors (Lipinski definition) is 3. The highest BCUT2D eigenvalue weighted by atomic mass is 35.5. The van der Waals surface area contributed by atoms with Crippen LogP contribution in [0.1, 0.15) is 25.5 Å². The average Bonchev–Trinajstić information content (AvgIpc) is 2.48. The molecule has 1 atom stereocenters. The van der Waals surface area contributed by atoms with Gasteiger partial charge in [-0.05, 0) is 31.5 Å². The maximum absolute atomic E-state index is 12.6. The molecule has 0 aliphatic carbocycles. The summed E-state index contributed by atoms with van der Waals surface area (Å²) >= 11 is 5.91. The van der Waals surface area contributed by atoms with Gasteiger partial charge < -0.3 is 4.74 Å². The second-order valence-corrected chi connectivity index (χ2v) is 6.90. The lowest BCUT2D eigenvalue weighted by Gasteiger charge is -2.17. The van der Waals surface area contributed by atoms with Crippen LogP contribution in [0.25, 0.3) is 0 Å². The molecule has 0 spiro atoms. The summed E-state index contributed by atoms with van der Waals surface area (Å²) in [6, 6.07) is 13.5. The standard InChI is InChI=1S/C16H18ClNO3S/c1-3-21-15-11-14(17)9-10-16(15)22(19,20)18-12(2)13-7-5-4-6-8-13/h4-12,18H,3H2,1-2H3/t12-/m0/s1. The summed E-state index contributed by atoms with van der Waals surface area (Å²) in [5.74, 6) is 0.253. The normalized spacial score (nSPS) is 12.9. The Morgan fingerprint density at radius 2 is 1.86 bits per heavy atom. The number of hydrogen-bond donors (Lipinski definition) is 1.